The minimum atomic E-state index is -0.500. The van der Waals surface area contributed by atoms with Crippen molar-refractivity contribution in [1.29, 1.82) is 0 Å². The van der Waals surface area contributed by atoms with Crippen LogP contribution in [0.15, 0.2) is 24.3 Å². The Kier molecular flexibility index (Phi) is 5.64. The maximum atomic E-state index is 10.7. The van der Waals surface area contributed by atoms with Crippen molar-refractivity contribution in [2.45, 2.75) is 45.8 Å². The molecule has 2 nitrogen and oxygen atoms in total. The number of likely N-dealkylation sites (N-methyl/N-ethyl adjacent to an activating group) is 1. The lowest BCUT2D eigenvalue weighted by molar-refractivity contribution is -0.0213. The second kappa shape index (κ2) is 6.55. The number of nitrogens with zero attached hydrogens (tertiary/aromatic N) is 1. The fourth-order valence-corrected chi connectivity index (χ4v) is 2.67. The van der Waals surface area contributed by atoms with Crippen LogP contribution in [0, 0.1) is 0 Å². The van der Waals surface area contributed by atoms with Crippen LogP contribution in [0.5, 0.6) is 0 Å². The number of hydrogen-bond donors (Lipinski definition) is 1. The van der Waals surface area contributed by atoms with Crippen LogP contribution in [0.4, 0.5) is 0 Å². The van der Waals surface area contributed by atoms with E-state index in [-0.39, 0.29) is 5.54 Å². The maximum Gasteiger partial charge on any atom is 0.0970 e. The molecule has 0 aliphatic rings. The van der Waals surface area contributed by atoms with Gasteiger partial charge in [-0.2, -0.15) is 0 Å². The summed E-state index contributed by atoms with van der Waals surface area (Å²) < 4.78 is 0. The van der Waals surface area contributed by atoms with Gasteiger partial charge in [-0.15, -0.1) is 0 Å². The van der Waals surface area contributed by atoms with Gasteiger partial charge >= 0.3 is 0 Å². The van der Waals surface area contributed by atoms with Crippen LogP contribution in [0.2, 0.25) is 5.02 Å². The topological polar surface area (TPSA) is 23.5 Å². The number of aliphatic hydroxyl groups excluding tert-OH is 1. The molecular weight excluding hydrogens is 246 g/mol. The predicted octanol–water partition coefficient (Wildman–Crippen LogP) is 3.88. The molecule has 0 saturated heterocycles. The molecule has 102 valence electrons. The lowest BCUT2D eigenvalue weighted by Crippen LogP contribution is -2.50. The lowest BCUT2D eigenvalue weighted by Gasteiger charge is -2.43. The largest absolute Gasteiger partial charge is 0.386 e. The van der Waals surface area contributed by atoms with E-state index in [9.17, 15) is 5.11 Å². The highest BCUT2D eigenvalue weighted by Crippen LogP contribution is 2.34. The van der Waals surface area contributed by atoms with Crippen molar-refractivity contribution in [2.24, 2.45) is 0 Å². The first kappa shape index (κ1) is 15.5. The number of benzene rings is 1. The molecule has 1 aromatic carbocycles. The first-order valence-corrected chi connectivity index (χ1v) is 7.05. The molecule has 2 atom stereocenters. The van der Waals surface area contributed by atoms with Gasteiger partial charge in [-0.3, -0.25) is 4.90 Å². The number of aliphatic hydroxyl groups is 1. The highest BCUT2D eigenvalue weighted by atomic mass is 35.5. The molecule has 0 aliphatic carbocycles. The average Bonchev–Trinajstić information content (AvgIpc) is 2.39. The molecule has 0 aliphatic heterocycles. The second-order valence-corrected chi connectivity index (χ2v) is 5.27. The summed E-state index contributed by atoms with van der Waals surface area (Å²) in [6.45, 7) is 10.4. The number of hydrogen-bond acceptors (Lipinski definition) is 2. The van der Waals surface area contributed by atoms with E-state index < -0.39 is 6.10 Å². The minimum absolute atomic E-state index is 0.239. The van der Waals surface area contributed by atoms with Crippen LogP contribution >= 0.6 is 11.6 Å². The van der Waals surface area contributed by atoms with Crippen molar-refractivity contribution >= 4 is 11.6 Å². The third-order valence-electron chi connectivity index (χ3n) is 3.98. The molecule has 1 N–H and O–H groups in total. The van der Waals surface area contributed by atoms with Crippen molar-refractivity contribution in [2.75, 3.05) is 13.1 Å². The van der Waals surface area contributed by atoms with Crippen LogP contribution < -0.4 is 0 Å². The zero-order chi connectivity index (χ0) is 13.8. The SMILES string of the molecule is CCN(CC)C(C)(CC)C(O)c1ccc(Cl)cc1. The molecule has 0 saturated carbocycles. The summed E-state index contributed by atoms with van der Waals surface area (Å²) in [6.07, 6.45) is 0.401. The van der Waals surface area contributed by atoms with Gasteiger partial charge < -0.3 is 5.11 Å². The summed E-state index contributed by atoms with van der Waals surface area (Å²) in [6, 6.07) is 7.48. The van der Waals surface area contributed by atoms with E-state index in [1.54, 1.807) is 0 Å². The minimum Gasteiger partial charge on any atom is -0.386 e. The second-order valence-electron chi connectivity index (χ2n) is 4.84. The third-order valence-corrected chi connectivity index (χ3v) is 4.23. The molecule has 0 amide bonds. The van der Waals surface area contributed by atoms with Crippen LogP contribution in [-0.2, 0) is 0 Å². The summed E-state index contributed by atoms with van der Waals surface area (Å²) in [5.41, 5.74) is 0.688. The highest BCUT2D eigenvalue weighted by molar-refractivity contribution is 6.30. The van der Waals surface area contributed by atoms with Crippen LogP contribution in [0.1, 0.15) is 45.8 Å². The van der Waals surface area contributed by atoms with Crippen molar-refractivity contribution in [3.8, 4) is 0 Å². The molecule has 1 rings (SSSR count). The van der Waals surface area contributed by atoms with Gasteiger partial charge in [0.15, 0.2) is 0 Å². The lowest BCUT2D eigenvalue weighted by atomic mass is 9.85. The fraction of sp³-hybridized carbons (Fsp3) is 0.600. The molecule has 0 aromatic heterocycles. The maximum absolute atomic E-state index is 10.7. The van der Waals surface area contributed by atoms with E-state index in [1.165, 1.54) is 0 Å². The summed E-state index contributed by atoms with van der Waals surface area (Å²) in [5, 5.41) is 11.4. The van der Waals surface area contributed by atoms with Crippen LogP contribution in [0.3, 0.4) is 0 Å². The van der Waals surface area contributed by atoms with Gasteiger partial charge in [-0.1, -0.05) is 44.5 Å². The molecule has 1 aromatic rings. The normalized spacial score (nSPS) is 16.6. The standard InChI is InChI=1S/C15H24ClNO/c1-5-15(4,17(6-2)7-3)14(18)12-8-10-13(16)11-9-12/h8-11,14,18H,5-7H2,1-4H3. The smallest absolute Gasteiger partial charge is 0.0970 e. The molecule has 0 radical (unpaired) electrons. The molecule has 0 bridgehead atoms. The molecular formula is C15H24ClNO. The molecule has 0 spiro atoms. The fourth-order valence-electron chi connectivity index (χ4n) is 2.54. The van der Waals surface area contributed by atoms with Gasteiger partial charge in [0.25, 0.3) is 0 Å². The van der Waals surface area contributed by atoms with Crippen molar-refractivity contribution in [1.82, 2.24) is 4.90 Å². The van der Waals surface area contributed by atoms with E-state index in [0.29, 0.717) is 5.02 Å². The Morgan fingerprint density at radius 3 is 2.06 bits per heavy atom. The molecule has 18 heavy (non-hydrogen) atoms. The average molecular weight is 270 g/mol. The first-order chi connectivity index (χ1) is 8.49. The zero-order valence-electron chi connectivity index (χ0n) is 11.8. The first-order valence-electron chi connectivity index (χ1n) is 6.68. The summed E-state index contributed by atoms with van der Waals surface area (Å²) in [4.78, 5) is 2.31. The molecule has 0 fully saturated rings. The van der Waals surface area contributed by atoms with Crippen LogP contribution in [0.25, 0.3) is 0 Å². The molecule has 3 heteroatoms. The molecule has 2 unspecified atom stereocenters. The van der Waals surface area contributed by atoms with Gasteiger partial charge in [-0.25, -0.2) is 0 Å². The Balaban J connectivity index is 3.03. The van der Waals surface area contributed by atoms with E-state index in [2.05, 4.69) is 32.6 Å². The van der Waals surface area contributed by atoms with E-state index >= 15 is 0 Å². The Morgan fingerprint density at radius 2 is 1.67 bits per heavy atom. The van der Waals surface area contributed by atoms with E-state index in [4.69, 9.17) is 11.6 Å². The van der Waals surface area contributed by atoms with Crippen molar-refractivity contribution in [3.63, 3.8) is 0 Å². The molecule has 0 heterocycles. The van der Waals surface area contributed by atoms with Gasteiger partial charge in [0.2, 0.25) is 0 Å². The summed E-state index contributed by atoms with van der Waals surface area (Å²) in [5.74, 6) is 0. The van der Waals surface area contributed by atoms with E-state index in [0.717, 1.165) is 25.1 Å². The van der Waals surface area contributed by atoms with E-state index in [1.807, 2.05) is 24.3 Å². The monoisotopic (exact) mass is 269 g/mol. The van der Waals surface area contributed by atoms with Gasteiger partial charge in [-0.05, 0) is 44.1 Å². The highest BCUT2D eigenvalue weighted by Gasteiger charge is 2.36. The number of halogens is 1. The summed E-state index contributed by atoms with van der Waals surface area (Å²) in [7, 11) is 0. The Morgan fingerprint density at radius 1 is 1.17 bits per heavy atom. The predicted molar refractivity (Wildman–Crippen MR) is 78.0 cm³/mol. The van der Waals surface area contributed by atoms with Crippen LogP contribution in [-0.4, -0.2) is 28.6 Å². The van der Waals surface area contributed by atoms with Gasteiger partial charge in [0, 0.05) is 10.6 Å². The summed E-state index contributed by atoms with van der Waals surface area (Å²) >= 11 is 5.89. The van der Waals surface area contributed by atoms with Crippen molar-refractivity contribution in [3.05, 3.63) is 34.9 Å². The van der Waals surface area contributed by atoms with Crippen molar-refractivity contribution < 1.29 is 5.11 Å². The Hall–Kier alpha value is -0.570. The number of rotatable bonds is 6. The Bertz CT molecular complexity index is 361. The zero-order valence-corrected chi connectivity index (χ0v) is 12.5. The quantitative estimate of drug-likeness (QED) is 0.847. The van der Waals surface area contributed by atoms with Gasteiger partial charge in [0.05, 0.1) is 6.10 Å². The van der Waals surface area contributed by atoms with Gasteiger partial charge in [0.1, 0.15) is 0 Å². The Labute approximate surface area is 116 Å². The third kappa shape index (κ3) is 3.05.